The van der Waals surface area contributed by atoms with Crippen molar-refractivity contribution >= 4 is 23.4 Å². The summed E-state index contributed by atoms with van der Waals surface area (Å²) in [5, 5.41) is 0.601. The van der Waals surface area contributed by atoms with Crippen LogP contribution in [0.15, 0.2) is 29.4 Å². The third-order valence-electron chi connectivity index (χ3n) is 3.56. The molecule has 0 spiro atoms. The number of fused-ring (bicyclic) bond motifs is 1. The Labute approximate surface area is 132 Å². The van der Waals surface area contributed by atoms with Gasteiger partial charge in [0.25, 0.3) is 0 Å². The monoisotopic (exact) mass is 317 g/mol. The molecule has 0 radical (unpaired) electrons. The first kappa shape index (κ1) is 15.0. The van der Waals surface area contributed by atoms with Crippen LogP contribution in [-0.4, -0.2) is 28.2 Å². The van der Waals surface area contributed by atoms with Gasteiger partial charge in [-0.1, -0.05) is 17.8 Å². The Morgan fingerprint density at radius 3 is 2.77 bits per heavy atom. The van der Waals surface area contributed by atoms with Crippen LogP contribution in [0.3, 0.4) is 0 Å². The van der Waals surface area contributed by atoms with Crippen molar-refractivity contribution in [3.05, 3.63) is 47.0 Å². The molecule has 0 saturated heterocycles. The van der Waals surface area contributed by atoms with Crippen LogP contribution in [0.2, 0.25) is 0 Å². The molecule has 2 heterocycles. The molecule has 6 heteroatoms. The van der Waals surface area contributed by atoms with Gasteiger partial charge in [-0.25, -0.2) is 14.4 Å². The maximum atomic E-state index is 13.7. The van der Waals surface area contributed by atoms with Crippen molar-refractivity contribution in [2.75, 3.05) is 17.2 Å². The summed E-state index contributed by atoms with van der Waals surface area (Å²) in [6.07, 6.45) is 0.568. The van der Waals surface area contributed by atoms with E-state index in [1.807, 2.05) is 19.9 Å². The van der Waals surface area contributed by atoms with E-state index in [1.165, 1.54) is 17.8 Å². The zero-order chi connectivity index (χ0) is 15.7. The zero-order valence-electron chi connectivity index (χ0n) is 12.5. The normalized spacial score (nSPS) is 13.3. The lowest BCUT2D eigenvalue weighted by Gasteiger charge is -2.16. The van der Waals surface area contributed by atoms with E-state index in [0.29, 0.717) is 29.4 Å². The van der Waals surface area contributed by atoms with Gasteiger partial charge in [0.15, 0.2) is 5.16 Å². The Hall–Kier alpha value is -1.95. The number of benzene rings is 1. The molecule has 1 aromatic carbocycles. The summed E-state index contributed by atoms with van der Waals surface area (Å²) in [5.41, 5.74) is 3.09. The SMILES string of the molecule is Cc1cc(C)nc(SCC(=O)N2CCc3c(F)cccc32)n1. The van der Waals surface area contributed by atoms with E-state index in [0.717, 1.165) is 11.4 Å². The number of halogens is 1. The molecule has 0 unspecified atom stereocenters. The van der Waals surface area contributed by atoms with Crippen LogP contribution in [0, 0.1) is 19.7 Å². The number of amides is 1. The maximum absolute atomic E-state index is 13.7. The number of rotatable bonds is 3. The lowest BCUT2D eigenvalue weighted by molar-refractivity contribution is -0.116. The minimum absolute atomic E-state index is 0.0443. The summed E-state index contributed by atoms with van der Waals surface area (Å²) in [4.78, 5) is 22.7. The number of anilines is 1. The van der Waals surface area contributed by atoms with E-state index in [1.54, 1.807) is 17.0 Å². The smallest absolute Gasteiger partial charge is 0.237 e. The van der Waals surface area contributed by atoms with Crippen molar-refractivity contribution in [2.24, 2.45) is 0 Å². The fourth-order valence-corrected chi connectivity index (χ4v) is 3.44. The summed E-state index contributed by atoms with van der Waals surface area (Å²) < 4.78 is 13.7. The van der Waals surface area contributed by atoms with Crippen LogP contribution in [0.5, 0.6) is 0 Å². The van der Waals surface area contributed by atoms with Gasteiger partial charge in [0.1, 0.15) is 5.82 Å². The van der Waals surface area contributed by atoms with Gasteiger partial charge < -0.3 is 4.90 Å². The van der Waals surface area contributed by atoms with Gasteiger partial charge in [0.05, 0.1) is 5.75 Å². The molecule has 22 heavy (non-hydrogen) atoms. The second kappa shape index (κ2) is 6.04. The van der Waals surface area contributed by atoms with Gasteiger partial charge in [-0.3, -0.25) is 4.79 Å². The molecule has 0 bridgehead atoms. The number of thioether (sulfide) groups is 1. The van der Waals surface area contributed by atoms with E-state index in [-0.39, 0.29) is 17.5 Å². The highest BCUT2D eigenvalue weighted by Gasteiger charge is 2.26. The van der Waals surface area contributed by atoms with Gasteiger partial charge in [-0.15, -0.1) is 0 Å². The van der Waals surface area contributed by atoms with Crippen molar-refractivity contribution in [1.82, 2.24) is 9.97 Å². The van der Waals surface area contributed by atoms with Gasteiger partial charge in [-0.2, -0.15) is 0 Å². The molecule has 1 aliphatic rings. The topological polar surface area (TPSA) is 46.1 Å². The van der Waals surface area contributed by atoms with Gasteiger partial charge in [0, 0.05) is 29.2 Å². The van der Waals surface area contributed by atoms with Crippen molar-refractivity contribution in [3.63, 3.8) is 0 Å². The Morgan fingerprint density at radius 2 is 2.05 bits per heavy atom. The van der Waals surface area contributed by atoms with Crippen LogP contribution < -0.4 is 4.90 Å². The lowest BCUT2D eigenvalue weighted by atomic mass is 10.1. The third-order valence-corrected chi connectivity index (χ3v) is 4.39. The molecule has 0 N–H and O–H groups in total. The van der Waals surface area contributed by atoms with Crippen LogP contribution in [-0.2, 0) is 11.2 Å². The van der Waals surface area contributed by atoms with Crippen LogP contribution >= 0.6 is 11.8 Å². The largest absolute Gasteiger partial charge is 0.311 e. The highest BCUT2D eigenvalue weighted by Crippen LogP contribution is 2.30. The minimum Gasteiger partial charge on any atom is -0.311 e. The maximum Gasteiger partial charge on any atom is 0.237 e. The molecule has 0 saturated carbocycles. The van der Waals surface area contributed by atoms with E-state index in [4.69, 9.17) is 0 Å². The second-order valence-electron chi connectivity index (χ2n) is 5.25. The van der Waals surface area contributed by atoms with Crippen molar-refractivity contribution in [1.29, 1.82) is 0 Å². The Balaban J connectivity index is 1.70. The highest BCUT2D eigenvalue weighted by atomic mass is 32.2. The molecule has 3 rings (SSSR count). The molecular weight excluding hydrogens is 301 g/mol. The highest BCUT2D eigenvalue weighted by molar-refractivity contribution is 7.99. The van der Waals surface area contributed by atoms with Crippen molar-refractivity contribution in [3.8, 4) is 0 Å². The van der Waals surface area contributed by atoms with Crippen molar-refractivity contribution < 1.29 is 9.18 Å². The molecule has 4 nitrogen and oxygen atoms in total. The molecule has 1 aromatic heterocycles. The average Bonchev–Trinajstić information content (AvgIpc) is 2.89. The standard InChI is InChI=1S/C16H16FN3OS/c1-10-8-11(2)19-16(18-10)22-9-15(21)20-7-6-12-13(17)4-3-5-14(12)20/h3-5,8H,6-7,9H2,1-2H3. The van der Waals surface area contributed by atoms with Gasteiger partial charge in [-0.05, 0) is 38.5 Å². The van der Waals surface area contributed by atoms with E-state index < -0.39 is 0 Å². The summed E-state index contributed by atoms with van der Waals surface area (Å²) in [6, 6.07) is 6.76. The predicted octanol–water partition coefficient (Wildman–Crippen LogP) is 2.91. The number of aromatic nitrogens is 2. The first-order valence-electron chi connectivity index (χ1n) is 7.07. The number of aryl methyl sites for hydroxylation is 2. The second-order valence-corrected chi connectivity index (χ2v) is 6.20. The molecule has 0 fully saturated rings. The third kappa shape index (κ3) is 2.97. The van der Waals surface area contributed by atoms with Crippen molar-refractivity contribution in [2.45, 2.75) is 25.4 Å². The van der Waals surface area contributed by atoms with Gasteiger partial charge in [0.2, 0.25) is 5.91 Å². The Morgan fingerprint density at radius 1 is 1.32 bits per heavy atom. The fourth-order valence-electron chi connectivity index (χ4n) is 2.61. The fraction of sp³-hybridized carbons (Fsp3) is 0.312. The van der Waals surface area contributed by atoms with Crippen LogP contribution in [0.1, 0.15) is 17.0 Å². The quantitative estimate of drug-likeness (QED) is 0.645. The first-order valence-corrected chi connectivity index (χ1v) is 8.06. The number of nitrogens with zero attached hydrogens (tertiary/aromatic N) is 3. The van der Waals surface area contributed by atoms with E-state index in [9.17, 15) is 9.18 Å². The molecule has 1 aliphatic heterocycles. The number of hydrogen-bond acceptors (Lipinski definition) is 4. The average molecular weight is 317 g/mol. The molecule has 114 valence electrons. The molecular formula is C16H16FN3OS. The van der Waals surface area contributed by atoms with E-state index >= 15 is 0 Å². The molecule has 0 aliphatic carbocycles. The number of carbonyl (C=O) groups is 1. The molecule has 0 atom stereocenters. The van der Waals surface area contributed by atoms with Crippen LogP contribution in [0.4, 0.5) is 10.1 Å². The minimum atomic E-state index is -0.238. The molecule has 1 amide bonds. The zero-order valence-corrected chi connectivity index (χ0v) is 13.3. The van der Waals surface area contributed by atoms with Crippen LogP contribution in [0.25, 0.3) is 0 Å². The predicted molar refractivity (Wildman–Crippen MR) is 84.7 cm³/mol. The first-order chi connectivity index (χ1) is 10.5. The summed E-state index contributed by atoms with van der Waals surface area (Å²) in [6.45, 7) is 4.34. The summed E-state index contributed by atoms with van der Waals surface area (Å²) >= 11 is 1.32. The van der Waals surface area contributed by atoms with E-state index in [2.05, 4.69) is 9.97 Å². The lowest BCUT2D eigenvalue weighted by Crippen LogP contribution is -2.30. The van der Waals surface area contributed by atoms with Gasteiger partial charge >= 0.3 is 0 Å². The summed E-state index contributed by atoms with van der Waals surface area (Å²) in [7, 11) is 0. The Kier molecular flexibility index (Phi) is 4.11. The Bertz CT molecular complexity index is 715. The molecule has 2 aromatic rings. The summed E-state index contributed by atoms with van der Waals surface area (Å²) in [5.74, 6) is -0.0334. The number of hydrogen-bond donors (Lipinski definition) is 0. The number of carbonyl (C=O) groups excluding carboxylic acids is 1.